The molecule has 1 aliphatic rings. The Morgan fingerprint density at radius 2 is 2.21 bits per heavy atom. The van der Waals surface area contributed by atoms with Crippen molar-refractivity contribution in [2.24, 2.45) is 0 Å². The zero-order chi connectivity index (χ0) is 13.8. The maximum absolute atomic E-state index is 6.06. The van der Waals surface area contributed by atoms with E-state index in [1.165, 1.54) is 0 Å². The average Bonchev–Trinajstić information content (AvgIpc) is 2.41. The molecule has 106 valence electrons. The van der Waals surface area contributed by atoms with Crippen LogP contribution in [0.3, 0.4) is 0 Å². The van der Waals surface area contributed by atoms with Crippen LogP contribution in [0.2, 0.25) is 5.15 Å². The summed E-state index contributed by atoms with van der Waals surface area (Å²) in [5.41, 5.74) is 0.885. The molecule has 0 radical (unpaired) electrons. The molecule has 1 atom stereocenters. The van der Waals surface area contributed by atoms with E-state index >= 15 is 0 Å². The summed E-state index contributed by atoms with van der Waals surface area (Å²) < 4.78 is 5.75. The first-order chi connectivity index (χ1) is 9.10. The van der Waals surface area contributed by atoms with Gasteiger partial charge in [0.15, 0.2) is 0 Å². The molecule has 0 aliphatic carbocycles. The number of likely N-dealkylation sites (N-methyl/N-ethyl adjacent to an activating group) is 1. The van der Waals surface area contributed by atoms with Crippen molar-refractivity contribution in [3.05, 3.63) is 16.5 Å². The first-order valence-electron chi connectivity index (χ1n) is 6.68. The molecule has 0 spiro atoms. The monoisotopic (exact) mass is 284 g/mol. The van der Waals surface area contributed by atoms with Crippen LogP contribution in [-0.4, -0.2) is 53.8 Å². The van der Waals surface area contributed by atoms with Crippen molar-refractivity contribution in [3.63, 3.8) is 0 Å². The van der Waals surface area contributed by atoms with Crippen LogP contribution < -0.4 is 5.32 Å². The van der Waals surface area contributed by atoms with Crippen LogP contribution in [0, 0.1) is 13.8 Å². The summed E-state index contributed by atoms with van der Waals surface area (Å²) in [6, 6.07) is 0. The third kappa shape index (κ3) is 3.78. The van der Waals surface area contributed by atoms with Gasteiger partial charge in [-0.05, 0) is 20.4 Å². The molecule has 0 aromatic carbocycles. The lowest BCUT2D eigenvalue weighted by atomic mass is 10.2. The van der Waals surface area contributed by atoms with E-state index in [0.29, 0.717) is 11.0 Å². The van der Waals surface area contributed by atoms with Gasteiger partial charge in [0.2, 0.25) is 0 Å². The number of aromatic nitrogens is 2. The molecule has 1 fully saturated rings. The van der Waals surface area contributed by atoms with Gasteiger partial charge in [-0.25, -0.2) is 9.97 Å². The molecule has 0 bridgehead atoms. The van der Waals surface area contributed by atoms with Gasteiger partial charge in [0.1, 0.15) is 16.8 Å². The minimum Gasteiger partial charge on any atom is -0.374 e. The fourth-order valence-corrected chi connectivity index (χ4v) is 2.38. The Kier molecular flexibility index (Phi) is 4.96. The number of anilines is 1. The summed E-state index contributed by atoms with van der Waals surface area (Å²) in [5, 5.41) is 3.83. The van der Waals surface area contributed by atoms with E-state index in [0.717, 1.165) is 44.2 Å². The molecule has 5 nitrogen and oxygen atoms in total. The van der Waals surface area contributed by atoms with E-state index in [9.17, 15) is 0 Å². The van der Waals surface area contributed by atoms with E-state index in [2.05, 4.69) is 27.1 Å². The van der Waals surface area contributed by atoms with E-state index in [-0.39, 0.29) is 6.10 Å². The number of aryl methyl sites for hydroxylation is 1. The Labute approximate surface area is 119 Å². The number of halogens is 1. The Morgan fingerprint density at radius 1 is 1.42 bits per heavy atom. The molecule has 1 aromatic rings. The van der Waals surface area contributed by atoms with Crippen molar-refractivity contribution < 1.29 is 4.74 Å². The second-order valence-electron chi connectivity index (χ2n) is 4.80. The van der Waals surface area contributed by atoms with Crippen LogP contribution in [0.5, 0.6) is 0 Å². The fourth-order valence-electron chi connectivity index (χ4n) is 2.17. The molecule has 6 heteroatoms. The number of rotatable bonds is 4. The standard InChI is InChI=1S/C13H21ClN4O/c1-4-18-5-6-19-11(8-18)7-15-13-9(2)12(14)16-10(3)17-13/h11H,4-8H2,1-3H3,(H,15,16,17). The highest BCUT2D eigenvalue weighted by Gasteiger charge is 2.19. The fraction of sp³-hybridized carbons (Fsp3) is 0.692. The lowest BCUT2D eigenvalue weighted by molar-refractivity contribution is -0.0192. The smallest absolute Gasteiger partial charge is 0.137 e. The summed E-state index contributed by atoms with van der Waals surface area (Å²) in [5.74, 6) is 1.48. The molecular weight excluding hydrogens is 264 g/mol. The van der Waals surface area contributed by atoms with Crippen molar-refractivity contribution in [2.45, 2.75) is 26.9 Å². The normalized spacial score (nSPS) is 20.5. The number of hydrogen-bond acceptors (Lipinski definition) is 5. The van der Waals surface area contributed by atoms with Crippen LogP contribution in [0.25, 0.3) is 0 Å². The van der Waals surface area contributed by atoms with Crippen LogP contribution in [-0.2, 0) is 4.74 Å². The van der Waals surface area contributed by atoms with Gasteiger partial charge >= 0.3 is 0 Å². The summed E-state index contributed by atoms with van der Waals surface area (Å²) in [6.45, 7) is 10.5. The number of morpholine rings is 1. The molecule has 1 unspecified atom stereocenters. The highest BCUT2D eigenvalue weighted by Crippen LogP contribution is 2.19. The van der Waals surface area contributed by atoms with Gasteiger partial charge < -0.3 is 10.1 Å². The minimum atomic E-state index is 0.196. The maximum Gasteiger partial charge on any atom is 0.137 e. The van der Waals surface area contributed by atoms with E-state index in [4.69, 9.17) is 16.3 Å². The molecule has 0 amide bonds. The van der Waals surface area contributed by atoms with Gasteiger partial charge in [-0.2, -0.15) is 0 Å². The van der Waals surface area contributed by atoms with Crippen LogP contribution in [0.4, 0.5) is 5.82 Å². The molecule has 2 rings (SSSR count). The van der Waals surface area contributed by atoms with Crippen molar-refractivity contribution in [1.82, 2.24) is 14.9 Å². The van der Waals surface area contributed by atoms with Gasteiger partial charge in [-0.1, -0.05) is 18.5 Å². The zero-order valence-electron chi connectivity index (χ0n) is 11.7. The quantitative estimate of drug-likeness (QED) is 0.856. The predicted molar refractivity (Wildman–Crippen MR) is 76.9 cm³/mol. The van der Waals surface area contributed by atoms with Crippen LogP contribution in [0.15, 0.2) is 0 Å². The number of ether oxygens (including phenoxy) is 1. The highest BCUT2D eigenvalue weighted by molar-refractivity contribution is 6.30. The summed E-state index contributed by atoms with van der Waals surface area (Å²) in [6.07, 6.45) is 0.196. The van der Waals surface area contributed by atoms with Crippen molar-refractivity contribution in [2.75, 3.05) is 38.1 Å². The molecular formula is C13H21ClN4O. The first kappa shape index (κ1) is 14.5. The van der Waals surface area contributed by atoms with Crippen molar-refractivity contribution in [1.29, 1.82) is 0 Å². The number of nitrogens with one attached hydrogen (secondary N) is 1. The minimum absolute atomic E-state index is 0.196. The average molecular weight is 285 g/mol. The largest absolute Gasteiger partial charge is 0.374 e. The van der Waals surface area contributed by atoms with Gasteiger partial charge in [-0.15, -0.1) is 0 Å². The molecule has 1 N–H and O–H groups in total. The van der Waals surface area contributed by atoms with Crippen LogP contribution in [0.1, 0.15) is 18.3 Å². The Hall–Kier alpha value is -0.910. The third-order valence-electron chi connectivity index (χ3n) is 3.37. The molecule has 1 saturated heterocycles. The lowest BCUT2D eigenvalue weighted by Crippen LogP contribution is -2.45. The Morgan fingerprint density at radius 3 is 2.95 bits per heavy atom. The van der Waals surface area contributed by atoms with E-state index in [1.807, 2.05) is 13.8 Å². The van der Waals surface area contributed by atoms with E-state index < -0.39 is 0 Å². The van der Waals surface area contributed by atoms with Gasteiger partial charge in [-0.3, -0.25) is 4.90 Å². The molecule has 2 heterocycles. The van der Waals surface area contributed by atoms with Gasteiger partial charge in [0.05, 0.1) is 12.7 Å². The second kappa shape index (κ2) is 6.50. The van der Waals surface area contributed by atoms with Gasteiger partial charge in [0, 0.05) is 25.2 Å². The maximum atomic E-state index is 6.06. The summed E-state index contributed by atoms with van der Waals surface area (Å²) >= 11 is 6.06. The number of hydrogen-bond donors (Lipinski definition) is 1. The molecule has 1 aromatic heterocycles. The summed E-state index contributed by atoms with van der Waals surface area (Å²) in [7, 11) is 0. The van der Waals surface area contributed by atoms with Crippen LogP contribution >= 0.6 is 11.6 Å². The topological polar surface area (TPSA) is 50.3 Å². The van der Waals surface area contributed by atoms with Crippen molar-refractivity contribution >= 4 is 17.4 Å². The summed E-state index contributed by atoms with van der Waals surface area (Å²) in [4.78, 5) is 10.9. The third-order valence-corrected chi connectivity index (χ3v) is 3.73. The first-order valence-corrected chi connectivity index (χ1v) is 7.06. The Balaban J connectivity index is 1.95. The zero-order valence-corrected chi connectivity index (χ0v) is 12.5. The van der Waals surface area contributed by atoms with Crippen molar-refractivity contribution in [3.8, 4) is 0 Å². The molecule has 0 saturated carbocycles. The lowest BCUT2D eigenvalue weighted by Gasteiger charge is -2.32. The molecule has 1 aliphatic heterocycles. The number of nitrogens with zero attached hydrogens (tertiary/aromatic N) is 3. The second-order valence-corrected chi connectivity index (χ2v) is 5.16. The highest BCUT2D eigenvalue weighted by atomic mass is 35.5. The Bertz CT molecular complexity index is 441. The van der Waals surface area contributed by atoms with E-state index in [1.54, 1.807) is 0 Å². The molecule has 19 heavy (non-hydrogen) atoms. The van der Waals surface area contributed by atoms with Gasteiger partial charge in [0.25, 0.3) is 0 Å². The predicted octanol–water partition coefficient (Wildman–Crippen LogP) is 1.88. The SMILES string of the molecule is CCN1CCOC(CNc2nc(C)nc(Cl)c2C)C1.